The standard InChI is InChI=1S/C15H24N4O/c1-17-15(20)11-4-5-14(13(16)10-11)19-8-6-12(7-9-19)18(2)3/h4-5,10,12H,6-9,16H2,1-3H3,(H,17,20). The summed E-state index contributed by atoms with van der Waals surface area (Å²) in [5.41, 5.74) is 8.43. The highest BCUT2D eigenvalue weighted by molar-refractivity contribution is 5.96. The second-order valence-electron chi connectivity index (χ2n) is 5.53. The molecule has 5 nitrogen and oxygen atoms in total. The van der Waals surface area contributed by atoms with Crippen LogP contribution in [0.3, 0.4) is 0 Å². The first kappa shape index (κ1) is 14.7. The molecule has 5 heteroatoms. The van der Waals surface area contributed by atoms with Crippen LogP contribution in [0.15, 0.2) is 18.2 Å². The molecule has 0 radical (unpaired) electrons. The van der Waals surface area contributed by atoms with E-state index in [0.717, 1.165) is 31.6 Å². The zero-order valence-electron chi connectivity index (χ0n) is 12.5. The lowest BCUT2D eigenvalue weighted by Crippen LogP contribution is -2.42. The molecule has 3 N–H and O–H groups in total. The van der Waals surface area contributed by atoms with Gasteiger partial charge in [0.2, 0.25) is 0 Å². The van der Waals surface area contributed by atoms with Gasteiger partial charge in [-0.1, -0.05) is 0 Å². The number of hydrogen-bond donors (Lipinski definition) is 2. The lowest BCUT2D eigenvalue weighted by molar-refractivity contribution is 0.0963. The maximum Gasteiger partial charge on any atom is 0.251 e. The van der Waals surface area contributed by atoms with E-state index in [1.54, 1.807) is 13.1 Å². The molecule has 0 aliphatic carbocycles. The van der Waals surface area contributed by atoms with Crippen molar-refractivity contribution in [3.63, 3.8) is 0 Å². The lowest BCUT2D eigenvalue weighted by Gasteiger charge is -2.37. The number of nitrogens with zero attached hydrogens (tertiary/aromatic N) is 2. The van der Waals surface area contributed by atoms with E-state index in [1.807, 2.05) is 12.1 Å². The molecule has 1 saturated heterocycles. The molecule has 2 rings (SSSR count). The van der Waals surface area contributed by atoms with E-state index in [0.29, 0.717) is 17.3 Å². The van der Waals surface area contributed by atoms with Gasteiger partial charge >= 0.3 is 0 Å². The van der Waals surface area contributed by atoms with Crippen molar-refractivity contribution in [2.75, 3.05) is 44.9 Å². The van der Waals surface area contributed by atoms with Gasteiger partial charge in [-0.25, -0.2) is 0 Å². The van der Waals surface area contributed by atoms with Crippen molar-refractivity contribution in [3.05, 3.63) is 23.8 Å². The van der Waals surface area contributed by atoms with Crippen LogP contribution in [0.5, 0.6) is 0 Å². The molecule has 0 saturated carbocycles. The number of carbonyl (C=O) groups excluding carboxylic acids is 1. The van der Waals surface area contributed by atoms with Gasteiger partial charge in [-0.3, -0.25) is 4.79 Å². The number of carbonyl (C=O) groups is 1. The third kappa shape index (κ3) is 3.04. The molecular formula is C15H24N4O. The topological polar surface area (TPSA) is 61.6 Å². The van der Waals surface area contributed by atoms with Crippen molar-refractivity contribution in [2.45, 2.75) is 18.9 Å². The zero-order chi connectivity index (χ0) is 14.7. The second kappa shape index (κ2) is 6.13. The molecule has 0 aromatic heterocycles. The third-order valence-corrected chi connectivity index (χ3v) is 4.05. The average Bonchev–Trinajstić information content (AvgIpc) is 2.46. The van der Waals surface area contributed by atoms with E-state index >= 15 is 0 Å². The fraction of sp³-hybridized carbons (Fsp3) is 0.533. The summed E-state index contributed by atoms with van der Waals surface area (Å²) in [6, 6.07) is 6.20. The van der Waals surface area contributed by atoms with Crippen LogP contribution in [0.2, 0.25) is 0 Å². The Morgan fingerprint density at radius 1 is 1.35 bits per heavy atom. The largest absolute Gasteiger partial charge is 0.397 e. The number of nitrogens with two attached hydrogens (primary N) is 1. The van der Waals surface area contributed by atoms with E-state index in [9.17, 15) is 4.79 Å². The van der Waals surface area contributed by atoms with E-state index in [1.165, 1.54) is 0 Å². The van der Waals surface area contributed by atoms with Gasteiger partial charge in [0.1, 0.15) is 0 Å². The minimum Gasteiger partial charge on any atom is -0.397 e. The number of piperidine rings is 1. The summed E-state index contributed by atoms with van der Waals surface area (Å²) in [4.78, 5) is 16.2. The number of amides is 1. The molecule has 0 spiro atoms. The average molecular weight is 276 g/mol. The van der Waals surface area contributed by atoms with Crippen LogP contribution in [0.25, 0.3) is 0 Å². The Hall–Kier alpha value is -1.75. The molecule has 0 unspecified atom stereocenters. The number of benzene rings is 1. The van der Waals surface area contributed by atoms with Crippen molar-refractivity contribution in [1.82, 2.24) is 10.2 Å². The van der Waals surface area contributed by atoms with E-state index in [2.05, 4.69) is 29.2 Å². The summed E-state index contributed by atoms with van der Waals surface area (Å²) in [6.07, 6.45) is 2.28. The number of hydrogen-bond acceptors (Lipinski definition) is 4. The highest BCUT2D eigenvalue weighted by Crippen LogP contribution is 2.28. The van der Waals surface area contributed by atoms with Crippen LogP contribution in [0, 0.1) is 0 Å². The molecule has 1 amide bonds. The van der Waals surface area contributed by atoms with Gasteiger partial charge in [-0.2, -0.15) is 0 Å². The van der Waals surface area contributed by atoms with Crippen molar-refractivity contribution in [3.8, 4) is 0 Å². The predicted octanol–water partition coefficient (Wildman–Crippen LogP) is 1.16. The number of nitrogens with one attached hydrogen (secondary N) is 1. The van der Waals surface area contributed by atoms with Crippen molar-refractivity contribution < 1.29 is 4.79 Å². The summed E-state index contributed by atoms with van der Waals surface area (Å²) in [5, 5.41) is 2.61. The highest BCUT2D eigenvalue weighted by atomic mass is 16.1. The Labute approximate surface area is 120 Å². The number of nitrogen functional groups attached to an aromatic ring is 1. The van der Waals surface area contributed by atoms with Crippen LogP contribution in [-0.4, -0.2) is 51.1 Å². The minimum atomic E-state index is -0.102. The van der Waals surface area contributed by atoms with Crippen LogP contribution < -0.4 is 16.0 Å². The predicted molar refractivity (Wildman–Crippen MR) is 83.2 cm³/mol. The third-order valence-electron chi connectivity index (χ3n) is 4.05. The van der Waals surface area contributed by atoms with Gasteiger partial charge in [-0.05, 0) is 45.1 Å². The van der Waals surface area contributed by atoms with Crippen molar-refractivity contribution >= 4 is 17.3 Å². The summed E-state index contributed by atoms with van der Waals surface area (Å²) < 4.78 is 0. The SMILES string of the molecule is CNC(=O)c1ccc(N2CCC(N(C)C)CC2)c(N)c1. The van der Waals surface area contributed by atoms with Gasteiger partial charge in [-0.15, -0.1) is 0 Å². The van der Waals surface area contributed by atoms with E-state index in [4.69, 9.17) is 5.73 Å². The van der Waals surface area contributed by atoms with Crippen LogP contribution in [0.4, 0.5) is 11.4 Å². The molecule has 1 heterocycles. The van der Waals surface area contributed by atoms with E-state index < -0.39 is 0 Å². The minimum absolute atomic E-state index is 0.102. The Bertz CT molecular complexity index is 479. The fourth-order valence-corrected chi connectivity index (χ4v) is 2.75. The zero-order valence-corrected chi connectivity index (χ0v) is 12.5. The number of anilines is 2. The van der Waals surface area contributed by atoms with Gasteiger partial charge in [0.15, 0.2) is 0 Å². The Morgan fingerprint density at radius 3 is 2.50 bits per heavy atom. The summed E-state index contributed by atoms with van der Waals surface area (Å²) >= 11 is 0. The Morgan fingerprint density at radius 2 is 2.00 bits per heavy atom. The van der Waals surface area contributed by atoms with Gasteiger partial charge < -0.3 is 20.9 Å². The second-order valence-corrected chi connectivity index (χ2v) is 5.53. The molecule has 1 aromatic rings. The first-order valence-electron chi connectivity index (χ1n) is 7.06. The molecule has 1 aromatic carbocycles. The molecular weight excluding hydrogens is 252 g/mol. The number of rotatable bonds is 3. The molecule has 1 aliphatic rings. The van der Waals surface area contributed by atoms with E-state index in [-0.39, 0.29) is 5.91 Å². The molecule has 1 aliphatic heterocycles. The quantitative estimate of drug-likeness (QED) is 0.813. The molecule has 20 heavy (non-hydrogen) atoms. The summed E-state index contributed by atoms with van der Waals surface area (Å²) in [5.74, 6) is -0.102. The van der Waals surface area contributed by atoms with Gasteiger partial charge in [0.25, 0.3) is 5.91 Å². The normalized spacial score (nSPS) is 16.5. The highest BCUT2D eigenvalue weighted by Gasteiger charge is 2.22. The van der Waals surface area contributed by atoms with Crippen LogP contribution in [0.1, 0.15) is 23.2 Å². The molecule has 110 valence electrons. The van der Waals surface area contributed by atoms with Gasteiger partial charge in [0.05, 0.1) is 11.4 Å². The monoisotopic (exact) mass is 276 g/mol. The summed E-state index contributed by atoms with van der Waals surface area (Å²) in [7, 11) is 5.89. The Balaban J connectivity index is 2.09. The van der Waals surface area contributed by atoms with Gasteiger partial charge in [0, 0.05) is 31.7 Å². The summed E-state index contributed by atoms with van der Waals surface area (Å²) in [6.45, 7) is 2.01. The molecule has 0 atom stereocenters. The molecule has 1 fully saturated rings. The Kier molecular flexibility index (Phi) is 4.49. The molecule has 0 bridgehead atoms. The first-order chi connectivity index (χ1) is 9.52. The fourth-order valence-electron chi connectivity index (χ4n) is 2.75. The van der Waals surface area contributed by atoms with Crippen molar-refractivity contribution in [1.29, 1.82) is 0 Å². The maximum atomic E-state index is 11.6. The maximum absolute atomic E-state index is 11.6. The lowest BCUT2D eigenvalue weighted by atomic mass is 10.0. The first-order valence-corrected chi connectivity index (χ1v) is 7.06. The van der Waals surface area contributed by atoms with Crippen molar-refractivity contribution in [2.24, 2.45) is 0 Å². The van der Waals surface area contributed by atoms with Crippen LogP contribution >= 0.6 is 0 Å². The smallest absolute Gasteiger partial charge is 0.251 e. The van der Waals surface area contributed by atoms with Crippen LogP contribution in [-0.2, 0) is 0 Å².